The van der Waals surface area contributed by atoms with Crippen LogP contribution in [0, 0.1) is 11.3 Å². The van der Waals surface area contributed by atoms with Crippen LogP contribution in [-0.2, 0) is 21.4 Å². The van der Waals surface area contributed by atoms with Crippen LogP contribution in [-0.4, -0.2) is 43.2 Å². The van der Waals surface area contributed by atoms with Crippen molar-refractivity contribution in [2.24, 2.45) is 0 Å². The van der Waals surface area contributed by atoms with Crippen molar-refractivity contribution >= 4 is 38.6 Å². The lowest BCUT2D eigenvalue weighted by Gasteiger charge is -2.22. The van der Waals surface area contributed by atoms with Gasteiger partial charge >= 0.3 is 0 Å². The Morgan fingerprint density at radius 1 is 1.46 bits per heavy atom. The number of nitrogens with zero attached hydrogens (tertiary/aromatic N) is 3. The molecule has 1 aliphatic heterocycles. The van der Waals surface area contributed by atoms with Crippen molar-refractivity contribution in [2.45, 2.75) is 23.2 Å². The van der Waals surface area contributed by atoms with E-state index in [0.29, 0.717) is 24.4 Å². The highest BCUT2D eigenvalue weighted by Crippen LogP contribution is 2.27. The summed E-state index contributed by atoms with van der Waals surface area (Å²) in [5.41, 5.74) is 0.898. The van der Waals surface area contributed by atoms with Gasteiger partial charge in [0.05, 0.1) is 0 Å². The fraction of sp³-hybridized carbons (Fsp3) is 0.333. The molecule has 0 unspecified atom stereocenters. The average Bonchev–Trinajstić information content (AvgIpc) is 3.29. The molecule has 1 amide bonds. The standard InChI is InChI=1S/C15H15N3O3S3/c1-17(24(20,21)14-3-2-6-22-14)13-4-5-18(15(13)19)9-11-7-12(8-16)23-10-11/h2-3,6-7,10,13H,4-5,9H2,1H3/t13-/m0/s1. The Morgan fingerprint density at radius 3 is 2.88 bits per heavy atom. The summed E-state index contributed by atoms with van der Waals surface area (Å²) < 4.78 is 26.5. The summed E-state index contributed by atoms with van der Waals surface area (Å²) >= 11 is 2.48. The van der Waals surface area contributed by atoms with Crippen LogP contribution in [0.25, 0.3) is 0 Å². The van der Waals surface area contributed by atoms with Gasteiger partial charge in [0.1, 0.15) is 21.2 Å². The van der Waals surface area contributed by atoms with Crippen molar-refractivity contribution in [3.63, 3.8) is 0 Å². The SMILES string of the molecule is CN([C@H]1CCN(Cc2csc(C#N)c2)C1=O)S(=O)(=O)c1cccs1. The Morgan fingerprint density at radius 2 is 2.25 bits per heavy atom. The minimum Gasteiger partial charge on any atom is -0.337 e. The fourth-order valence-corrected chi connectivity index (χ4v) is 5.89. The molecule has 1 saturated heterocycles. The highest BCUT2D eigenvalue weighted by Gasteiger charge is 2.40. The number of carbonyl (C=O) groups is 1. The molecule has 24 heavy (non-hydrogen) atoms. The van der Waals surface area contributed by atoms with E-state index >= 15 is 0 Å². The number of nitriles is 1. The van der Waals surface area contributed by atoms with Gasteiger partial charge in [-0.1, -0.05) is 6.07 Å². The third-order valence-electron chi connectivity index (χ3n) is 3.97. The number of rotatable bonds is 5. The molecular weight excluding hydrogens is 366 g/mol. The third kappa shape index (κ3) is 3.10. The first kappa shape index (κ1) is 17.1. The molecular formula is C15H15N3O3S3. The maximum Gasteiger partial charge on any atom is 0.253 e. The molecule has 1 atom stereocenters. The molecule has 0 radical (unpaired) electrons. The monoisotopic (exact) mass is 381 g/mol. The van der Waals surface area contributed by atoms with Crippen molar-refractivity contribution < 1.29 is 13.2 Å². The summed E-state index contributed by atoms with van der Waals surface area (Å²) in [7, 11) is -2.19. The molecule has 0 bridgehead atoms. The summed E-state index contributed by atoms with van der Waals surface area (Å²) in [5, 5.41) is 12.4. The average molecular weight is 382 g/mol. The lowest BCUT2D eigenvalue weighted by atomic mass is 10.2. The van der Waals surface area contributed by atoms with Crippen LogP contribution in [0.3, 0.4) is 0 Å². The van der Waals surface area contributed by atoms with Gasteiger partial charge in [-0.25, -0.2) is 8.42 Å². The molecule has 1 fully saturated rings. The highest BCUT2D eigenvalue weighted by molar-refractivity contribution is 7.91. The van der Waals surface area contributed by atoms with Crippen LogP contribution in [0.5, 0.6) is 0 Å². The number of hydrogen-bond donors (Lipinski definition) is 0. The smallest absolute Gasteiger partial charge is 0.253 e. The van der Waals surface area contributed by atoms with Gasteiger partial charge in [0.15, 0.2) is 0 Å². The lowest BCUT2D eigenvalue weighted by molar-refractivity contribution is -0.131. The molecule has 3 heterocycles. The Labute approximate surface area is 148 Å². The van der Waals surface area contributed by atoms with E-state index in [1.165, 1.54) is 22.7 Å². The first-order chi connectivity index (χ1) is 11.4. The molecule has 6 nitrogen and oxygen atoms in total. The Kier molecular flexibility index (Phi) is 4.73. The van der Waals surface area contributed by atoms with E-state index in [1.807, 2.05) is 5.38 Å². The fourth-order valence-electron chi connectivity index (χ4n) is 2.67. The zero-order valence-electron chi connectivity index (χ0n) is 12.9. The predicted molar refractivity (Wildman–Crippen MR) is 92.1 cm³/mol. The van der Waals surface area contributed by atoms with E-state index in [0.717, 1.165) is 16.9 Å². The van der Waals surface area contributed by atoms with Gasteiger partial charge in [-0.05, 0) is 34.9 Å². The molecule has 1 aliphatic rings. The van der Waals surface area contributed by atoms with Crippen molar-refractivity contribution in [1.29, 1.82) is 5.26 Å². The Balaban J connectivity index is 1.73. The van der Waals surface area contributed by atoms with E-state index < -0.39 is 16.1 Å². The summed E-state index contributed by atoms with van der Waals surface area (Å²) in [6, 6.07) is 6.38. The molecule has 0 aromatic carbocycles. The molecule has 0 N–H and O–H groups in total. The van der Waals surface area contributed by atoms with Crippen LogP contribution in [0.2, 0.25) is 0 Å². The van der Waals surface area contributed by atoms with Gasteiger partial charge in [0.2, 0.25) is 5.91 Å². The third-order valence-corrected chi connectivity index (χ3v) is 8.10. The predicted octanol–water partition coefficient (Wildman–Crippen LogP) is 2.10. The van der Waals surface area contributed by atoms with E-state index in [1.54, 1.807) is 28.5 Å². The van der Waals surface area contributed by atoms with Crippen molar-refractivity contribution in [3.8, 4) is 6.07 Å². The van der Waals surface area contributed by atoms with E-state index in [4.69, 9.17) is 5.26 Å². The van der Waals surface area contributed by atoms with Gasteiger partial charge < -0.3 is 4.90 Å². The minimum atomic E-state index is -3.64. The second-order valence-electron chi connectivity index (χ2n) is 5.45. The normalized spacial score (nSPS) is 18.3. The van der Waals surface area contributed by atoms with E-state index in [2.05, 4.69) is 6.07 Å². The molecule has 2 aromatic rings. The number of sulfonamides is 1. The first-order valence-electron chi connectivity index (χ1n) is 7.21. The molecule has 0 spiro atoms. The van der Waals surface area contributed by atoms with Crippen LogP contribution >= 0.6 is 22.7 Å². The molecule has 9 heteroatoms. The molecule has 0 aliphatic carbocycles. The number of hydrogen-bond acceptors (Lipinski definition) is 6. The van der Waals surface area contributed by atoms with Gasteiger partial charge in [-0.3, -0.25) is 4.79 Å². The van der Waals surface area contributed by atoms with Gasteiger partial charge in [0.25, 0.3) is 10.0 Å². The second kappa shape index (κ2) is 6.64. The van der Waals surface area contributed by atoms with Gasteiger partial charge in [-0.15, -0.1) is 22.7 Å². The maximum absolute atomic E-state index is 12.6. The Hall–Kier alpha value is -1.73. The van der Waals surface area contributed by atoms with Crippen molar-refractivity contribution in [1.82, 2.24) is 9.21 Å². The van der Waals surface area contributed by atoms with E-state index in [-0.39, 0.29) is 10.1 Å². The molecule has 126 valence electrons. The van der Waals surface area contributed by atoms with E-state index in [9.17, 15) is 13.2 Å². The lowest BCUT2D eigenvalue weighted by Crippen LogP contribution is -2.42. The van der Waals surface area contributed by atoms with Crippen LogP contribution in [0.15, 0.2) is 33.2 Å². The summed E-state index contributed by atoms with van der Waals surface area (Å²) in [6.45, 7) is 0.909. The zero-order valence-corrected chi connectivity index (χ0v) is 15.3. The molecule has 0 saturated carbocycles. The summed E-state index contributed by atoms with van der Waals surface area (Å²) in [4.78, 5) is 14.9. The summed E-state index contributed by atoms with van der Waals surface area (Å²) in [5.74, 6) is -0.192. The van der Waals surface area contributed by atoms with Gasteiger partial charge in [0, 0.05) is 20.1 Å². The van der Waals surface area contributed by atoms with Crippen LogP contribution in [0.4, 0.5) is 0 Å². The number of likely N-dealkylation sites (N-methyl/N-ethyl adjacent to an activating group) is 1. The highest BCUT2D eigenvalue weighted by atomic mass is 32.2. The second-order valence-corrected chi connectivity index (χ2v) is 9.53. The Bertz CT molecular complexity index is 881. The largest absolute Gasteiger partial charge is 0.337 e. The quantitative estimate of drug-likeness (QED) is 0.794. The number of thiophene rings is 2. The number of amides is 1. The number of carbonyl (C=O) groups excluding carboxylic acids is 1. The van der Waals surface area contributed by atoms with Crippen LogP contribution < -0.4 is 0 Å². The zero-order chi connectivity index (χ0) is 17.3. The number of likely N-dealkylation sites (tertiary alicyclic amines) is 1. The van der Waals surface area contributed by atoms with Gasteiger partial charge in [-0.2, -0.15) is 9.57 Å². The van der Waals surface area contributed by atoms with Crippen molar-refractivity contribution in [3.05, 3.63) is 39.4 Å². The van der Waals surface area contributed by atoms with Crippen LogP contribution in [0.1, 0.15) is 16.9 Å². The maximum atomic E-state index is 12.6. The topological polar surface area (TPSA) is 81.5 Å². The minimum absolute atomic E-state index is 0.192. The summed E-state index contributed by atoms with van der Waals surface area (Å²) in [6.07, 6.45) is 0.467. The molecule has 3 rings (SSSR count). The first-order valence-corrected chi connectivity index (χ1v) is 10.4. The van der Waals surface area contributed by atoms with Crippen molar-refractivity contribution in [2.75, 3.05) is 13.6 Å². The molecule has 2 aromatic heterocycles.